The number of benzene rings is 2. The Morgan fingerprint density at radius 1 is 1.11 bits per heavy atom. The minimum atomic E-state index is -0.200. The van der Waals surface area contributed by atoms with Crippen LogP contribution < -0.4 is 29.1 Å². The molecule has 188 valence electrons. The minimum absolute atomic E-state index is 0.00358. The molecule has 1 aliphatic heterocycles. The maximum Gasteiger partial charge on any atom is 0.262 e. The van der Waals surface area contributed by atoms with Gasteiger partial charge in [-0.25, -0.2) is 9.67 Å². The van der Waals surface area contributed by atoms with Crippen molar-refractivity contribution >= 4 is 34.8 Å². The van der Waals surface area contributed by atoms with E-state index >= 15 is 0 Å². The maximum atomic E-state index is 11.9. The highest BCUT2D eigenvalue weighted by molar-refractivity contribution is 7.07. The summed E-state index contributed by atoms with van der Waals surface area (Å²) in [6, 6.07) is 12.9. The third-order valence-electron chi connectivity index (χ3n) is 5.51. The number of pyridine rings is 1. The second kappa shape index (κ2) is 10.5. The zero-order valence-electron chi connectivity index (χ0n) is 20.3. The molecule has 11 heteroatoms. The second-order valence-corrected chi connectivity index (χ2v) is 8.59. The average Bonchev–Trinajstić information content (AvgIpc) is 3.33. The molecule has 0 atom stereocenters. The molecule has 0 unspecified atom stereocenters. The Kier molecular flexibility index (Phi) is 6.86. The van der Waals surface area contributed by atoms with Gasteiger partial charge < -0.3 is 24.3 Å². The van der Waals surface area contributed by atoms with Crippen LogP contribution in [0.5, 0.6) is 23.0 Å². The van der Waals surface area contributed by atoms with Crippen LogP contribution in [0.3, 0.4) is 0 Å². The number of rotatable bonds is 7. The predicted molar refractivity (Wildman–Crippen MR) is 140 cm³/mol. The van der Waals surface area contributed by atoms with Crippen molar-refractivity contribution in [2.24, 2.45) is 10.1 Å². The van der Waals surface area contributed by atoms with Gasteiger partial charge >= 0.3 is 0 Å². The second-order valence-electron chi connectivity index (χ2n) is 7.75. The highest BCUT2D eigenvalue weighted by Crippen LogP contribution is 2.39. The number of methoxy groups -OCH3 is 3. The average molecular weight is 518 g/mol. The van der Waals surface area contributed by atoms with E-state index in [1.165, 1.54) is 11.3 Å². The molecule has 0 radical (unpaired) electrons. The molecule has 1 aliphatic rings. The largest absolute Gasteiger partial charge is 0.493 e. The summed E-state index contributed by atoms with van der Waals surface area (Å²) in [4.78, 5) is 21.4. The van der Waals surface area contributed by atoms with Crippen molar-refractivity contribution in [2.75, 3.05) is 33.3 Å². The van der Waals surface area contributed by atoms with Gasteiger partial charge in [0.1, 0.15) is 5.75 Å². The summed E-state index contributed by atoms with van der Waals surface area (Å²) in [5, 5.41) is 9.57. The molecule has 37 heavy (non-hydrogen) atoms. The monoisotopic (exact) mass is 517 g/mol. The Bertz CT molecular complexity index is 1540. The molecule has 0 saturated carbocycles. The first kappa shape index (κ1) is 24.1. The molecular weight excluding hydrogens is 494 g/mol. The van der Waals surface area contributed by atoms with E-state index < -0.39 is 0 Å². The highest BCUT2D eigenvalue weighted by atomic mass is 32.1. The first-order chi connectivity index (χ1) is 18.1. The number of amides is 1. The van der Waals surface area contributed by atoms with E-state index in [4.69, 9.17) is 29.0 Å². The van der Waals surface area contributed by atoms with E-state index in [-0.39, 0.29) is 12.5 Å². The van der Waals surface area contributed by atoms with Gasteiger partial charge in [0.25, 0.3) is 5.91 Å². The fourth-order valence-corrected chi connectivity index (χ4v) is 4.66. The van der Waals surface area contributed by atoms with Crippen molar-refractivity contribution in [1.29, 1.82) is 0 Å². The van der Waals surface area contributed by atoms with E-state index in [0.29, 0.717) is 44.7 Å². The van der Waals surface area contributed by atoms with Crippen molar-refractivity contribution in [3.63, 3.8) is 0 Å². The first-order valence-corrected chi connectivity index (χ1v) is 12.0. The number of ether oxygens (including phenoxy) is 4. The van der Waals surface area contributed by atoms with Crippen molar-refractivity contribution in [3.05, 3.63) is 70.6 Å². The third-order valence-corrected chi connectivity index (χ3v) is 6.33. The van der Waals surface area contributed by atoms with Gasteiger partial charge in [-0.2, -0.15) is 5.10 Å². The molecule has 5 rings (SSSR count). The number of thiazole rings is 1. The van der Waals surface area contributed by atoms with Crippen LogP contribution in [-0.4, -0.2) is 49.7 Å². The van der Waals surface area contributed by atoms with Gasteiger partial charge in [0.05, 0.1) is 50.8 Å². The van der Waals surface area contributed by atoms with Crippen molar-refractivity contribution < 1.29 is 23.7 Å². The van der Waals surface area contributed by atoms with Gasteiger partial charge in [0.15, 0.2) is 18.1 Å². The minimum Gasteiger partial charge on any atom is -0.493 e. The molecule has 3 heterocycles. The van der Waals surface area contributed by atoms with E-state index in [1.54, 1.807) is 50.7 Å². The van der Waals surface area contributed by atoms with E-state index in [0.717, 1.165) is 11.3 Å². The number of carbonyl (C=O) groups excluding carboxylic acids is 1. The fraction of sp³-hybridized carbons (Fsp3) is 0.154. The van der Waals surface area contributed by atoms with Gasteiger partial charge in [-0.3, -0.25) is 9.78 Å². The lowest BCUT2D eigenvalue weighted by atomic mass is 10.1. The van der Waals surface area contributed by atoms with E-state index in [2.05, 4.69) is 10.3 Å². The standard InChI is InChI=1S/C26H23N5O5S/c1-33-22-9-7-17(24(34-2)25(22)35-3)12-28-31-20(15-37-26(31)29-18-5-4-10-27-13-18)16-6-8-21-19(11-16)30-23(32)14-36-21/h4-13,15H,14H2,1-3H3,(H,30,32). The maximum absolute atomic E-state index is 11.9. The summed E-state index contributed by atoms with van der Waals surface area (Å²) in [6.07, 6.45) is 5.04. The first-order valence-electron chi connectivity index (χ1n) is 11.2. The van der Waals surface area contributed by atoms with Crippen LogP contribution in [0.2, 0.25) is 0 Å². The molecule has 1 amide bonds. The summed E-state index contributed by atoms with van der Waals surface area (Å²) in [7, 11) is 4.68. The summed E-state index contributed by atoms with van der Waals surface area (Å²) in [5.41, 5.74) is 3.57. The zero-order valence-corrected chi connectivity index (χ0v) is 21.1. The predicted octanol–water partition coefficient (Wildman–Crippen LogP) is 4.08. The number of anilines is 1. The molecule has 0 aliphatic carbocycles. The Balaban J connectivity index is 1.64. The molecule has 2 aromatic heterocycles. The number of nitrogens with one attached hydrogen (secondary N) is 1. The van der Waals surface area contributed by atoms with Crippen molar-refractivity contribution in [1.82, 2.24) is 9.66 Å². The lowest BCUT2D eigenvalue weighted by molar-refractivity contribution is -0.118. The Morgan fingerprint density at radius 2 is 1.97 bits per heavy atom. The van der Waals surface area contributed by atoms with Crippen LogP contribution in [0.4, 0.5) is 11.4 Å². The van der Waals surface area contributed by atoms with Crippen molar-refractivity contribution in [3.8, 4) is 34.3 Å². The third kappa shape index (κ3) is 4.89. The molecule has 1 N–H and O–H groups in total. The fourth-order valence-electron chi connectivity index (χ4n) is 3.81. The van der Waals surface area contributed by atoms with Gasteiger partial charge in [-0.05, 0) is 42.5 Å². The van der Waals surface area contributed by atoms with Crippen LogP contribution in [0.25, 0.3) is 11.3 Å². The molecule has 0 fully saturated rings. The topological polar surface area (TPSA) is 109 Å². The summed E-state index contributed by atoms with van der Waals surface area (Å²) in [6.45, 7) is -0.00358. The number of aromatic nitrogens is 2. The Hall–Kier alpha value is -4.64. The van der Waals surface area contributed by atoms with Gasteiger partial charge in [-0.1, -0.05) is 0 Å². The van der Waals surface area contributed by atoms with Gasteiger partial charge in [0.2, 0.25) is 10.6 Å². The molecule has 0 saturated heterocycles. The van der Waals surface area contributed by atoms with Crippen LogP contribution >= 0.6 is 11.3 Å². The number of fused-ring (bicyclic) bond motifs is 1. The van der Waals surface area contributed by atoms with E-state index in [9.17, 15) is 4.79 Å². The van der Waals surface area contributed by atoms with Crippen LogP contribution in [0.1, 0.15) is 5.56 Å². The molecular formula is C26H23N5O5S. The summed E-state index contributed by atoms with van der Waals surface area (Å²) < 4.78 is 23.7. The lowest BCUT2D eigenvalue weighted by Crippen LogP contribution is -2.25. The van der Waals surface area contributed by atoms with Crippen LogP contribution in [-0.2, 0) is 4.79 Å². The summed E-state index contributed by atoms with van der Waals surface area (Å²) >= 11 is 1.42. The van der Waals surface area contributed by atoms with Crippen LogP contribution in [0.15, 0.2) is 70.3 Å². The highest BCUT2D eigenvalue weighted by Gasteiger charge is 2.18. The zero-order chi connectivity index (χ0) is 25.8. The van der Waals surface area contributed by atoms with Gasteiger partial charge in [-0.15, -0.1) is 11.3 Å². The van der Waals surface area contributed by atoms with E-state index in [1.807, 2.05) is 41.8 Å². The number of hydrogen-bond donors (Lipinski definition) is 1. The SMILES string of the molecule is COc1ccc(C=Nn2c(-c3ccc4c(c3)NC(=O)CO4)csc2=Nc2cccnc2)c(OC)c1OC. The number of hydrogen-bond acceptors (Lipinski definition) is 9. The normalized spacial score (nSPS) is 13.2. The summed E-state index contributed by atoms with van der Waals surface area (Å²) in [5.74, 6) is 1.92. The van der Waals surface area contributed by atoms with Crippen LogP contribution in [0, 0.1) is 0 Å². The van der Waals surface area contributed by atoms with Gasteiger partial charge in [0, 0.05) is 22.7 Å². The number of carbonyl (C=O) groups is 1. The molecule has 4 aromatic rings. The Morgan fingerprint density at radius 3 is 2.73 bits per heavy atom. The Labute approximate surface area is 216 Å². The lowest BCUT2D eigenvalue weighted by Gasteiger charge is -2.18. The quantitative estimate of drug-likeness (QED) is 0.370. The molecule has 0 spiro atoms. The smallest absolute Gasteiger partial charge is 0.262 e. The molecule has 10 nitrogen and oxygen atoms in total. The molecule has 0 bridgehead atoms. The molecule has 2 aromatic carbocycles. The number of nitrogens with zero attached hydrogens (tertiary/aromatic N) is 4. The van der Waals surface area contributed by atoms with Crippen molar-refractivity contribution in [2.45, 2.75) is 0 Å².